The van der Waals surface area contributed by atoms with Crippen LogP contribution < -0.4 is 21.7 Å². The Balaban J connectivity index is 2.87. The highest BCUT2D eigenvalue weighted by Crippen LogP contribution is 2.06. The second-order valence-corrected chi connectivity index (χ2v) is 6.64. The van der Waals surface area contributed by atoms with Crippen molar-refractivity contribution in [3.05, 3.63) is 35.9 Å². The van der Waals surface area contributed by atoms with Crippen LogP contribution in [0.4, 0.5) is 0 Å². The lowest BCUT2D eigenvalue weighted by Crippen LogP contribution is -2.55. The molecule has 0 fully saturated rings. The number of hydrogen-bond acceptors (Lipinski definition) is 5. The minimum absolute atomic E-state index is 0.294. The predicted octanol–water partition coefficient (Wildman–Crippen LogP) is -0.0380. The van der Waals surface area contributed by atoms with Gasteiger partial charge < -0.3 is 21.7 Å². The van der Waals surface area contributed by atoms with Gasteiger partial charge in [-0.3, -0.25) is 19.2 Å². The molecule has 1 aromatic rings. The third-order valence-electron chi connectivity index (χ3n) is 4.09. The van der Waals surface area contributed by atoms with Gasteiger partial charge in [0, 0.05) is 13.3 Å². The lowest BCUT2D eigenvalue weighted by Gasteiger charge is -2.23. The fraction of sp³-hybridized carbons (Fsp3) is 0.500. The van der Waals surface area contributed by atoms with Crippen molar-refractivity contribution in [3.8, 4) is 0 Å². The molecule has 8 heteroatoms. The Bertz CT molecular complexity index is 651. The molecule has 0 aliphatic heterocycles. The van der Waals surface area contributed by atoms with E-state index >= 15 is 0 Å². The Hall–Kier alpha value is -2.74. The Kier molecular flexibility index (Phi) is 10.5. The van der Waals surface area contributed by atoms with Gasteiger partial charge >= 0.3 is 0 Å². The summed E-state index contributed by atoms with van der Waals surface area (Å²) in [5.74, 6) is -1.28. The third-order valence-corrected chi connectivity index (χ3v) is 4.09. The number of amides is 3. The largest absolute Gasteiger partial charge is 0.344 e. The molecule has 0 saturated carbocycles. The van der Waals surface area contributed by atoms with Crippen molar-refractivity contribution in [2.45, 2.75) is 57.7 Å². The second-order valence-electron chi connectivity index (χ2n) is 6.64. The van der Waals surface area contributed by atoms with Gasteiger partial charge in [-0.05, 0) is 38.3 Å². The predicted molar refractivity (Wildman–Crippen MR) is 106 cm³/mol. The van der Waals surface area contributed by atoms with Crippen molar-refractivity contribution in [2.75, 3.05) is 6.54 Å². The number of rotatable bonds is 12. The Morgan fingerprint density at radius 2 is 1.64 bits per heavy atom. The van der Waals surface area contributed by atoms with E-state index in [2.05, 4.69) is 16.0 Å². The van der Waals surface area contributed by atoms with Crippen molar-refractivity contribution >= 4 is 24.0 Å². The van der Waals surface area contributed by atoms with Crippen molar-refractivity contribution in [2.24, 2.45) is 5.73 Å². The van der Waals surface area contributed by atoms with Gasteiger partial charge in [0.05, 0.1) is 6.04 Å². The van der Waals surface area contributed by atoms with E-state index in [0.29, 0.717) is 32.2 Å². The molecular formula is C20H29N4O4. The third kappa shape index (κ3) is 8.77. The Morgan fingerprint density at radius 3 is 2.21 bits per heavy atom. The number of hydrogen-bond donors (Lipinski definition) is 4. The van der Waals surface area contributed by atoms with Crippen LogP contribution in [0.15, 0.2) is 30.3 Å². The molecule has 0 aromatic heterocycles. The van der Waals surface area contributed by atoms with E-state index in [1.807, 2.05) is 30.3 Å². The van der Waals surface area contributed by atoms with Crippen molar-refractivity contribution in [3.63, 3.8) is 0 Å². The average Bonchev–Trinajstić information content (AvgIpc) is 2.67. The first-order valence-corrected chi connectivity index (χ1v) is 9.36. The molecule has 1 rings (SSSR count). The number of unbranched alkanes of at least 4 members (excludes halogenated alkanes) is 1. The summed E-state index contributed by atoms with van der Waals surface area (Å²) >= 11 is 0. The monoisotopic (exact) mass is 389 g/mol. The van der Waals surface area contributed by atoms with Crippen LogP contribution in [0, 0.1) is 0 Å². The summed E-state index contributed by atoms with van der Waals surface area (Å²) in [5.41, 5.74) is 6.38. The molecule has 8 nitrogen and oxygen atoms in total. The second kappa shape index (κ2) is 12.6. The first-order chi connectivity index (χ1) is 13.4. The van der Waals surface area contributed by atoms with Gasteiger partial charge in [-0.25, -0.2) is 0 Å². The molecule has 0 saturated heterocycles. The molecule has 153 valence electrons. The number of carbonyl (C=O) groups excluding carboxylic acids is 4. The molecule has 1 radical (unpaired) electrons. The molecule has 1 aromatic carbocycles. The highest BCUT2D eigenvalue weighted by atomic mass is 16.2. The van der Waals surface area contributed by atoms with Crippen molar-refractivity contribution in [1.82, 2.24) is 16.0 Å². The van der Waals surface area contributed by atoms with Gasteiger partial charge in [0.25, 0.3) is 0 Å². The van der Waals surface area contributed by atoms with Crippen molar-refractivity contribution < 1.29 is 19.2 Å². The Morgan fingerprint density at radius 1 is 1.00 bits per heavy atom. The summed E-state index contributed by atoms with van der Waals surface area (Å²) in [6, 6.07) is 6.83. The minimum Gasteiger partial charge on any atom is -0.344 e. The molecule has 3 amide bonds. The molecule has 0 bridgehead atoms. The van der Waals surface area contributed by atoms with Crippen LogP contribution >= 0.6 is 0 Å². The first kappa shape index (κ1) is 23.3. The topological polar surface area (TPSA) is 130 Å². The van der Waals surface area contributed by atoms with Crippen LogP contribution in [0.3, 0.4) is 0 Å². The zero-order chi connectivity index (χ0) is 20.9. The number of nitrogens with one attached hydrogen (secondary N) is 3. The van der Waals surface area contributed by atoms with E-state index in [0.717, 1.165) is 5.56 Å². The van der Waals surface area contributed by atoms with Crippen LogP contribution in [-0.2, 0) is 25.6 Å². The van der Waals surface area contributed by atoms with Gasteiger partial charge in [0.1, 0.15) is 12.1 Å². The lowest BCUT2D eigenvalue weighted by molar-refractivity contribution is -0.131. The number of carbonyl (C=O) groups is 3. The summed E-state index contributed by atoms with van der Waals surface area (Å²) in [5, 5.41) is 7.82. The maximum atomic E-state index is 12.8. The highest BCUT2D eigenvalue weighted by Gasteiger charge is 2.26. The van der Waals surface area contributed by atoms with Crippen LogP contribution in [0.25, 0.3) is 0 Å². The van der Waals surface area contributed by atoms with Crippen LogP contribution in [0.1, 0.15) is 38.7 Å². The molecule has 0 aliphatic carbocycles. The molecule has 0 spiro atoms. The highest BCUT2D eigenvalue weighted by molar-refractivity contribution is 5.92. The smallest absolute Gasteiger partial charge is 0.243 e. The van der Waals surface area contributed by atoms with Crippen molar-refractivity contribution in [1.29, 1.82) is 0 Å². The summed E-state index contributed by atoms with van der Waals surface area (Å²) in [4.78, 5) is 47.4. The van der Waals surface area contributed by atoms with E-state index in [1.54, 1.807) is 6.29 Å². The average molecular weight is 389 g/mol. The normalized spacial score (nSPS) is 13.7. The maximum absolute atomic E-state index is 12.8. The summed E-state index contributed by atoms with van der Waals surface area (Å²) in [6.07, 6.45) is 3.69. The fourth-order valence-electron chi connectivity index (χ4n) is 2.68. The van der Waals surface area contributed by atoms with E-state index in [-0.39, 0.29) is 5.91 Å². The van der Waals surface area contributed by atoms with Gasteiger partial charge in [-0.1, -0.05) is 30.3 Å². The van der Waals surface area contributed by atoms with Gasteiger partial charge in [0.2, 0.25) is 24.0 Å². The van der Waals surface area contributed by atoms with E-state index in [4.69, 9.17) is 5.73 Å². The van der Waals surface area contributed by atoms with E-state index in [1.165, 1.54) is 13.8 Å². The molecular weight excluding hydrogens is 360 g/mol. The molecule has 3 atom stereocenters. The molecule has 0 heterocycles. The van der Waals surface area contributed by atoms with E-state index in [9.17, 15) is 19.2 Å². The van der Waals surface area contributed by atoms with Crippen LogP contribution in [0.2, 0.25) is 0 Å². The summed E-state index contributed by atoms with van der Waals surface area (Å²) in [6.45, 7) is 3.31. The maximum Gasteiger partial charge on any atom is 0.243 e. The quantitative estimate of drug-likeness (QED) is 0.373. The van der Waals surface area contributed by atoms with E-state index < -0.39 is 29.9 Å². The SMILES string of the molecule is CC(=O)N[C@@H](Cc1ccccc1)C(=O)N[C@@H](CCCCN)C(=O)N[C@@H](C)[C]=O. The number of nitrogens with two attached hydrogens (primary N) is 1. The van der Waals surface area contributed by atoms with Gasteiger partial charge in [0.15, 0.2) is 0 Å². The first-order valence-electron chi connectivity index (χ1n) is 9.36. The minimum atomic E-state index is -0.832. The fourth-order valence-corrected chi connectivity index (χ4v) is 2.68. The summed E-state index contributed by atoms with van der Waals surface area (Å²) < 4.78 is 0. The summed E-state index contributed by atoms with van der Waals surface area (Å²) in [7, 11) is 0. The zero-order valence-corrected chi connectivity index (χ0v) is 16.4. The molecule has 28 heavy (non-hydrogen) atoms. The van der Waals surface area contributed by atoms with Crippen LogP contribution in [-0.4, -0.2) is 48.7 Å². The van der Waals surface area contributed by atoms with Crippen LogP contribution in [0.5, 0.6) is 0 Å². The van der Waals surface area contributed by atoms with Gasteiger partial charge in [-0.15, -0.1) is 0 Å². The number of benzene rings is 1. The molecule has 5 N–H and O–H groups in total. The Labute approximate surface area is 165 Å². The lowest BCUT2D eigenvalue weighted by atomic mass is 10.0. The standard InChI is InChI=1S/C20H29N4O4/c1-14(13-25)22-19(27)17(10-6-7-11-21)24-20(28)18(23-15(2)26)12-16-8-4-3-5-9-16/h3-5,8-9,14,17-18H,6-7,10-12,21H2,1-2H3,(H,22,27)(H,23,26)(H,24,28)/t14-,17-,18-/m0/s1. The van der Waals surface area contributed by atoms with Gasteiger partial charge in [-0.2, -0.15) is 0 Å². The molecule has 0 unspecified atom stereocenters. The molecule has 0 aliphatic rings. The zero-order valence-electron chi connectivity index (χ0n) is 16.4.